The van der Waals surface area contributed by atoms with Gasteiger partial charge in [0, 0.05) is 43.2 Å². The molecule has 2 heterocycles. The summed E-state index contributed by atoms with van der Waals surface area (Å²) < 4.78 is 0. The molecule has 0 bridgehead atoms. The molecule has 2 fully saturated rings. The van der Waals surface area contributed by atoms with Crippen LogP contribution in [0.1, 0.15) is 32.3 Å². The monoisotopic (exact) mass is 343 g/mol. The first-order valence-electron chi connectivity index (χ1n) is 9.15. The van der Waals surface area contributed by atoms with Crippen molar-refractivity contribution in [1.82, 2.24) is 9.80 Å². The zero-order valence-electron chi connectivity index (χ0n) is 15.8. The van der Waals surface area contributed by atoms with Crippen molar-refractivity contribution in [1.29, 1.82) is 0 Å². The highest BCUT2D eigenvalue weighted by atomic mass is 16.2. The number of benzene rings is 1. The number of hydrogen-bond donors (Lipinski definition) is 0. The molecule has 1 atom stereocenters. The van der Waals surface area contributed by atoms with Crippen molar-refractivity contribution in [3.8, 4) is 0 Å². The van der Waals surface area contributed by atoms with Gasteiger partial charge in [0.2, 0.25) is 11.8 Å². The second kappa shape index (κ2) is 6.79. The van der Waals surface area contributed by atoms with Crippen molar-refractivity contribution in [3.63, 3.8) is 0 Å². The summed E-state index contributed by atoms with van der Waals surface area (Å²) >= 11 is 0. The Kier molecular flexibility index (Phi) is 4.87. The van der Waals surface area contributed by atoms with E-state index in [9.17, 15) is 9.59 Å². The average Bonchev–Trinajstić information content (AvgIpc) is 3.11. The van der Waals surface area contributed by atoms with Crippen LogP contribution in [0.5, 0.6) is 0 Å². The molecule has 0 N–H and O–H groups in total. The van der Waals surface area contributed by atoms with Crippen LogP contribution in [0, 0.1) is 12.3 Å². The summed E-state index contributed by atoms with van der Waals surface area (Å²) in [6, 6.07) is 8.47. The largest absolute Gasteiger partial charge is 0.341 e. The van der Waals surface area contributed by atoms with Crippen LogP contribution < -0.4 is 4.90 Å². The van der Waals surface area contributed by atoms with Crippen LogP contribution in [0.2, 0.25) is 0 Å². The summed E-state index contributed by atoms with van der Waals surface area (Å²) in [6.07, 6.45) is 1.46. The number of likely N-dealkylation sites (tertiary alicyclic amines) is 1. The quantitative estimate of drug-likeness (QED) is 0.842. The van der Waals surface area contributed by atoms with Gasteiger partial charge in [0.05, 0.1) is 6.54 Å². The van der Waals surface area contributed by atoms with Gasteiger partial charge < -0.3 is 9.80 Å². The normalized spacial score (nSPS) is 23.5. The van der Waals surface area contributed by atoms with Crippen molar-refractivity contribution in [3.05, 3.63) is 29.8 Å². The molecule has 2 aliphatic heterocycles. The summed E-state index contributed by atoms with van der Waals surface area (Å²) in [5, 5.41) is 0. The highest BCUT2D eigenvalue weighted by Crippen LogP contribution is 2.41. The van der Waals surface area contributed by atoms with Crippen LogP contribution >= 0.6 is 0 Å². The molecule has 2 amide bonds. The van der Waals surface area contributed by atoms with Crippen molar-refractivity contribution in [2.24, 2.45) is 5.41 Å². The lowest BCUT2D eigenvalue weighted by atomic mass is 9.86. The first-order chi connectivity index (χ1) is 11.8. The number of hydrogen-bond acceptors (Lipinski definition) is 3. The summed E-state index contributed by atoms with van der Waals surface area (Å²) in [6.45, 7) is 8.86. The summed E-state index contributed by atoms with van der Waals surface area (Å²) in [5.41, 5.74) is 2.09. The molecule has 1 aromatic carbocycles. The number of anilines is 1. The molecular weight excluding hydrogens is 314 g/mol. The molecule has 0 aromatic heterocycles. The minimum absolute atomic E-state index is 0.0754. The fourth-order valence-corrected chi connectivity index (χ4v) is 3.77. The minimum atomic E-state index is -0.0754. The van der Waals surface area contributed by atoms with Gasteiger partial charge in [-0.2, -0.15) is 0 Å². The first-order valence-corrected chi connectivity index (χ1v) is 9.15. The van der Waals surface area contributed by atoms with Crippen molar-refractivity contribution >= 4 is 17.5 Å². The van der Waals surface area contributed by atoms with E-state index in [1.165, 1.54) is 5.56 Å². The number of carbonyl (C=O) groups is 2. The maximum atomic E-state index is 12.6. The van der Waals surface area contributed by atoms with E-state index < -0.39 is 0 Å². The predicted octanol–water partition coefficient (Wildman–Crippen LogP) is 2.29. The van der Waals surface area contributed by atoms with Gasteiger partial charge >= 0.3 is 0 Å². The van der Waals surface area contributed by atoms with Crippen LogP contribution in [0.15, 0.2) is 24.3 Å². The van der Waals surface area contributed by atoms with Gasteiger partial charge in [-0.05, 0) is 46.4 Å². The van der Waals surface area contributed by atoms with Crippen molar-refractivity contribution in [2.75, 3.05) is 38.1 Å². The number of rotatable bonds is 4. The van der Waals surface area contributed by atoms with Crippen molar-refractivity contribution in [2.45, 2.75) is 39.7 Å². The van der Waals surface area contributed by atoms with Gasteiger partial charge in [0.25, 0.3) is 0 Å². The Morgan fingerprint density at radius 1 is 1.24 bits per heavy atom. The van der Waals surface area contributed by atoms with Gasteiger partial charge in [-0.1, -0.05) is 17.7 Å². The summed E-state index contributed by atoms with van der Waals surface area (Å²) in [7, 11) is 1.98. The molecule has 136 valence electrons. The lowest BCUT2D eigenvalue weighted by Gasteiger charge is -2.26. The molecule has 0 radical (unpaired) electrons. The molecule has 1 spiro atoms. The third-order valence-electron chi connectivity index (χ3n) is 5.72. The van der Waals surface area contributed by atoms with E-state index >= 15 is 0 Å². The molecule has 0 aliphatic carbocycles. The highest BCUT2D eigenvalue weighted by Gasteiger charge is 2.48. The van der Waals surface area contributed by atoms with E-state index in [4.69, 9.17) is 0 Å². The average molecular weight is 343 g/mol. The number of likely N-dealkylation sites (N-methyl/N-ethyl adjacent to an activating group) is 1. The molecule has 1 unspecified atom stereocenters. The van der Waals surface area contributed by atoms with E-state index in [2.05, 4.69) is 18.7 Å². The third-order valence-corrected chi connectivity index (χ3v) is 5.72. The fraction of sp³-hybridized carbons (Fsp3) is 0.600. The van der Waals surface area contributed by atoms with Gasteiger partial charge in [-0.15, -0.1) is 0 Å². The Hall–Kier alpha value is -1.88. The number of nitrogens with zero attached hydrogens (tertiary/aromatic N) is 3. The zero-order chi connectivity index (χ0) is 18.2. The second-order valence-corrected chi connectivity index (χ2v) is 8.07. The van der Waals surface area contributed by atoms with Crippen molar-refractivity contribution < 1.29 is 9.59 Å². The smallest absolute Gasteiger partial charge is 0.236 e. The molecule has 5 heteroatoms. The van der Waals surface area contributed by atoms with Crippen LogP contribution in [0.4, 0.5) is 5.69 Å². The van der Waals surface area contributed by atoms with Crippen LogP contribution in [0.25, 0.3) is 0 Å². The Balaban J connectivity index is 1.65. The summed E-state index contributed by atoms with van der Waals surface area (Å²) in [5.74, 6) is 0.353. The molecule has 2 saturated heterocycles. The van der Waals surface area contributed by atoms with E-state index in [-0.39, 0.29) is 17.2 Å². The molecule has 25 heavy (non-hydrogen) atoms. The van der Waals surface area contributed by atoms with E-state index in [0.717, 1.165) is 25.2 Å². The maximum absolute atomic E-state index is 12.6. The van der Waals surface area contributed by atoms with Crippen LogP contribution in [0.3, 0.4) is 0 Å². The summed E-state index contributed by atoms with van der Waals surface area (Å²) in [4.78, 5) is 31.0. The Labute approximate surface area is 150 Å². The van der Waals surface area contributed by atoms with Gasteiger partial charge in [-0.3, -0.25) is 14.5 Å². The molecular formula is C20H29N3O2. The van der Waals surface area contributed by atoms with Crippen LogP contribution in [-0.4, -0.2) is 60.9 Å². The standard InChI is InChI=1S/C20H29N3O2/c1-15(2)21(4)12-19(25)22-10-9-20(13-22)11-18(24)23(14-20)17-7-5-16(3)6-8-17/h5-8,15H,9-14H2,1-4H3. The molecule has 1 aromatic rings. The Morgan fingerprint density at radius 3 is 2.56 bits per heavy atom. The Bertz CT molecular complexity index is 655. The molecule has 0 saturated carbocycles. The minimum Gasteiger partial charge on any atom is -0.341 e. The second-order valence-electron chi connectivity index (χ2n) is 8.07. The predicted molar refractivity (Wildman–Crippen MR) is 99.5 cm³/mol. The third kappa shape index (κ3) is 3.71. The topological polar surface area (TPSA) is 43.9 Å². The van der Waals surface area contributed by atoms with Gasteiger partial charge in [0.15, 0.2) is 0 Å². The molecule has 2 aliphatic rings. The maximum Gasteiger partial charge on any atom is 0.236 e. The molecule has 3 rings (SSSR count). The van der Waals surface area contributed by atoms with Crippen LogP contribution in [-0.2, 0) is 9.59 Å². The number of aryl methyl sites for hydroxylation is 1. The first kappa shape index (κ1) is 17.9. The van der Waals surface area contributed by atoms with E-state index in [0.29, 0.717) is 25.6 Å². The zero-order valence-corrected chi connectivity index (χ0v) is 15.8. The number of carbonyl (C=O) groups excluding carboxylic acids is 2. The SMILES string of the molecule is Cc1ccc(N2CC3(CCN(C(=O)CN(C)C(C)C)C3)CC2=O)cc1. The number of amides is 2. The fourth-order valence-electron chi connectivity index (χ4n) is 3.77. The lowest BCUT2D eigenvalue weighted by Crippen LogP contribution is -2.41. The Morgan fingerprint density at radius 2 is 1.92 bits per heavy atom. The molecule has 5 nitrogen and oxygen atoms in total. The van der Waals surface area contributed by atoms with E-state index in [1.54, 1.807) is 0 Å². The lowest BCUT2D eigenvalue weighted by molar-refractivity contribution is -0.132. The van der Waals surface area contributed by atoms with E-state index in [1.807, 2.05) is 48.0 Å². The van der Waals surface area contributed by atoms with Gasteiger partial charge in [0.1, 0.15) is 0 Å². The van der Waals surface area contributed by atoms with Gasteiger partial charge in [-0.25, -0.2) is 0 Å². The highest BCUT2D eigenvalue weighted by molar-refractivity contribution is 5.96.